The summed E-state index contributed by atoms with van der Waals surface area (Å²) in [5.74, 6) is -0.0885. The summed E-state index contributed by atoms with van der Waals surface area (Å²) in [5, 5.41) is 10.4. The van der Waals surface area contributed by atoms with Gasteiger partial charge >= 0.3 is 6.18 Å². The molecule has 0 aliphatic carbocycles. The molecule has 0 radical (unpaired) electrons. The molecular weight excluding hydrogens is 395 g/mol. The standard InChI is InChI=1S/C21H22F3N5O/c22-21(23,24)17-8-9-18-26-27-19(29(18)14-17)12-25-20(30)16-6-4-15(5-7-16)13-28-10-2-1-3-11-28/h4-9,14H,1-3,10-13H2,(H,25,30). The average Bonchev–Trinajstić information content (AvgIpc) is 3.15. The highest BCUT2D eigenvalue weighted by Gasteiger charge is 2.31. The summed E-state index contributed by atoms with van der Waals surface area (Å²) >= 11 is 0. The summed E-state index contributed by atoms with van der Waals surface area (Å²) < 4.78 is 40.1. The summed E-state index contributed by atoms with van der Waals surface area (Å²) in [4.78, 5) is 14.9. The molecule has 6 nitrogen and oxygen atoms in total. The number of halogens is 3. The predicted molar refractivity (Wildman–Crippen MR) is 105 cm³/mol. The fourth-order valence-electron chi connectivity index (χ4n) is 3.63. The Balaban J connectivity index is 1.39. The average molecular weight is 417 g/mol. The Morgan fingerprint density at radius 1 is 1.00 bits per heavy atom. The predicted octanol–water partition coefficient (Wildman–Crippen LogP) is 3.66. The van der Waals surface area contributed by atoms with E-state index in [1.807, 2.05) is 12.1 Å². The lowest BCUT2D eigenvalue weighted by Gasteiger charge is -2.26. The van der Waals surface area contributed by atoms with Crippen molar-refractivity contribution in [2.75, 3.05) is 13.1 Å². The maximum atomic E-state index is 12.9. The van der Waals surface area contributed by atoms with Gasteiger partial charge in [0.05, 0.1) is 12.1 Å². The van der Waals surface area contributed by atoms with Crippen molar-refractivity contribution >= 4 is 11.6 Å². The van der Waals surface area contributed by atoms with Gasteiger partial charge in [0.1, 0.15) is 0 Å². The first-order chi connectivity index (χ1) is 14.4. The molecule has 30 heavy (non-hydrogen) atoms. The van der Waals surface area contributed by atoms with Crippen LogP contribution in [0.15, 0.2) is 42.6 Å². The van der Waals surface area contributed by atoms with Crippen molar-refractivity contribution < 1.29 is 18.0 Å². The van der Waals surface area contributed by atoms with Gasteiger partial charge in [-0.25, -0.2) is 0 Å². The summed E-state index contributed by atoms with van der Waals surface area (Å²) in [5.41, 5.74) is 1.12. The van der Waals surface area contributed by atoms with Crippen LogP contribution in [-0.2, 0) is 19.3 Å². The van der Waals surface area contributed by atoms with Crippen LogP contribution < -0.4 is 5.32 Å². The Morgan fingerprint density at radius 3 is 2.43 bits per heavy atom. The molecule has 0 atom stereocenters. The summed E-state index contributed by atoms with van der Waals surface area (Å²) in [6.07, 6.45) is 0.208. The smallest absolute Gasteiger partial charge is 0.345 e. The summed E-state index contributed by atoms with van der Waals surface area (Å²) in [6, 6.07) is 9.60. The van der Waals surface area contributed by atoms with E-state index in [0.717, 1.165) is 37.5 Å². The number of pyridine rings is 1. The Bertz CT molecular complexity index is 1020. The Hall–Kier alpha value is -2.94. The third kappa shape index (κ3) is 4.62. The minimum Gasteiger partial charge on any atom is -0.345 e. The molecule has 158 valence electrons. The zero-order chi connectivity index (χ0) is 21.1. The molecule has 9 heteroatoms. The van der Waals surface area contributed by atoms with Gasteiger partial charge in [0.2, 0.25) is 0 Å². The molecule has 0 saturated carbocycles. The minimum absolute atomic E-state index is 0.0309. The van der Waals surface area contributed by atoms with Gasteiger partial charge < -0.3 is 5.32 Å². The molecule has 0 bridgehead atoms. The van der Waals surface area contributed by atoms with Gasteiger partial charge in [-0.15, -0.1) is 10.2 Å². The fourth-order valence-corrected chi connectivity index (χ4v) is 3.63. The van der Waals surface area contributed by atoms with Crippen LogP contribution in [0.3, 0.4) is 0 Å². The van der Waals surface area contributed by atoms with Crippen molar-refractivity contribution in [2.45, 2.75) is 38.5 Å². The number of nitrogens with one attached hydrogen (secondary N) is 1. The third-order valence-electron chi connectivity index (χ3n) is 5.28. The molecule has 0 spiro atoms. The van der Waals surface area contributed by atoms with Crippen LogP contribution in [0.1, 0.15) is 46.6 Å². The lowest BCUT2D eigenvalue weighted by molar-refractivity contribution is -0.137. The zero-order valence-corrected chi connectivity index (χ0v) is 16.3. The maximum absolute atomic E-state index is 12.9. The molecular formula is C21H22F3N5O. The molecule has 1 saturated heterocycles. The summed E-state index contributed by atoms with van der Waals surface area (Å²) in [6.45, 7) is 3.04. The maximum Gasteiger partial charge on any atom is 0.417 e. The lowest BCUT2D eigenvalue weighted by Crippen LogP contribution is -2.29. The third-order valence-corrected chi connectivity index (χ3v) is 5.28. The van der Waals surface area contributed by atoms with Crippen molar-refractivity contribution in [1.82, 2.24) is 24.8 Å². The summed E-state index contributed by atoms with van der Waals surface area (Å²) in [7, 11) is 0. The molecule has 2 aromatic heterocycles. The van der Waals surface area contributed by atoms with E-state index in [-0.39, 0.29) is 23.9 Å². The van der Waals surface area contributed by atoms with Crippen LogP contribution in [0.2, 0.25) is 0 Å². The van der Waals surface area contributed by atoms with E-state index >= 15 is 0 Å². The number of hydrogen-bond acceptors (Lipinski definition) is 4. The van der Waals surface area contributed by atoms with Crippen LogP contribution in [0, 0.1) is 0 Å². The first-order valence-corrected chi connectivity index (χ1v) is 9.90. The van der Waals surface area contributed by atoms with Crippen LogP contribution in [0.4, 0.5) is 13.2 Å². The van der Waals surface area contributed by atoms with Crippen molar-refractivity contribution in [3.05, 3.63) is 65.1 Å². The number of hydrogen-bond donors (Lipinski definition) is 1. The van der Waals surface area contributed by atoms with Gasteiger partial charge in [0.15, 0.2) is 11.5 Å². The van der Waals surface area contributed by atoms with E-state index in [1.165, 1.54) is 29.7 Å². The second kappa shape index (κ2) is 8.43. The SMILES string of the molecule is O=C(NCc1nnc2ccc(C(F)(F)F)cn12)c1ccc(CN2CCCCC2)cc1. The fraction of sp³-hybridized carbons (Fsp3) is 0.381. The molecule has 3 aromatic rings. The van der Waals surface area contributed by atoms with Crippen molar-refractivity contribution in [3.8, 4) is 0 Å². The topological polar surface area (TPSA) is 62.5 Å². The van der Waals surface area contributed by atoms with Gasteiger partial charge in [-0.3, -0.25) is 14.1 Å². The van der Waals surface area contributed by atoms with E-state index in [2.05, 4.69) is 20.4 Å². The number of aromatic nitrogens is 3. The van der Waals surface area contributed by atoms with Gasteiger partial charge in [-0.1, -0.05) is 18.6 Å². The van der Waals surface area contributed by atoms with Crippen LogP contribution in [0.25, 0.3) is 5.65 Å². The molecule has 1 aliphatic rings. The van der Waals surface area contributed by atoms with E-state index in [0.29, 0.717) is 5.56 Å². The Labute approximate surface area is 171 Å². The van der Waals surface area contributed by atoms with Gasteiger partial charge in [-0.2, -0.15) is 13.2 Å². The van der Waals surface area contributed by atoms with Crippen molar-refractivity contribution in [3.63, 3.8) is 0 Å². The van der Waals surface area contributed by atoms with Crippen LogP contribution in [0.5, 0.6) is 0 Å². The molecule has 1 fully saturated rings. The second-order valence-corrected chi connectivity index (χ2v) is 7.48. The quantitative estimate of drug-likeness (QED) is 0.688. The van der Waals surface area contributed by atoms with E-state index in [4.69, 9.17) is 0 Å². The Morgan fingerprint density at radius 2 is 1.73 bits per heavy atom. The molecule has 4 rings (SSSR count). The number of benzene rings is 1. The number of rotatable bonds is 5. The number of likely N-dealkylation sites (tertiary alicyclic amines) is 1. The first kappa shape index (κ1) is 20.3. The number of nitrogens with zero attached hydrogens (tertiary/aromatic N) is 4. The molecule has 1 amide bonds. The van der Waals surface area contributed by atoms with Crippen LogP contribution >= 0.6 is 0 Å². The van der Waals surface area contributed by atoms with E-state index < -0.39 is 11.7 Å². The highest BCUT2D eigenvalue weighted by atomic mass is 19.4. The number of carbonyl (C=O) groups excluding carboxylic acids is 1. The number of piperidine rings is 1. The molecule has 3 heterocycles. The zero-order valence-electron chi connectivity index (χ0n) is 16.3. The molecule has 0 unspecified atom stereocenters. The minimum atomic E-state index is -4.46. The molecule has 1 aromatic carbocycles. The highest BCUT2D eigenvalue weighted by Crippen LogP contribution is 2.29. The molecule has 1 aliphatic heterocycles. The first-order valence-electron chi connectivity index (χ1n) is 9.90. The lowest BCUT2D eigenvalue weighted by atomic mass is 10.1. The van der Waals surface area contributed by atoms with Crippen LogP contribution in [-0.4, -0.2) is 38.5 Å². The number of carbonyl (C=O) groups is 1. The largest absolute Gasteiger partial charge is 0.417 e. The number of fused-ring (bicyclic) bond motifs is 1. The Kier molecular flexibility index (Phi) is 5.72. The van der Waals surface area contributed by atoms with E-state index in [9.17, 15) is 18.0 Å². The van der Waals surface area contributed by atoms with Gasteiger partial charge in [0.25, 0.3) is 5.91 Å². The molecule has 1 N–H and O–H groups in total. The van der Waals surface area contributed by atoms with Gasteiger partial charge in [0, 0.05) is 18.3 Å². The van der Waals surface area contributed by atoms with E-state index in [1.54, 1.807) is 12.1 Å². The second-order valence-electron chi connectivity index (χ2n) is 7.48. The number of alkyl halides is 3. The van der Waals surface area contributed by atoms with Crippen molar-refractivity contribution in [2.24, 2.45) is 0 Å². The number of amides is 1. The normalized spacial score (nSPS) is 15.4. The van der Waals surface area contributed by atoms with Gasteiger partial charge in [-0.05, 0) is 55.8 Å². The highest BCUT2D eigenvalue weighted by molar-refractivity contribution is 5.94. The monoisotopic (exact) mass is 417 g/mol. The van der Waals surface area contributed by atoms with Crippen molar-refractivity contribution in [1.29, 1.82) is 0 Å².